The van der Waals surface area contributed by atoms with Gasteiger partial charge in [0.15, 0.2) is 11.5 Å². The Hall–Kier alpha value is -2.61. The lowest BCUT2D eigenvalue weighted by molar-refractivity contribution is 0.0954. The molecule has 5 heteroatoms. The normalized spacial score (nSPS) is 17.7. The molecule has 1 aliphatic heterocycles. The predicted molar refractivity (Wildman–Crippen MR) is 91.4 cm³/mol. The van der Waals surface area contributed by atoms with Gasteiger partial charge in [-0.15, -0.1) is 16.6 Å². The molecule has 1 amide bonds. The Bertz CT molecular complexity index is 765. The maximum absolute atomic E-state index is 12.2. The van der Waals surface area contributed by atoms with Crippen LogP contribution in [0.4, 0.5) is 5.82 Å². The minimum atomic E-state index is -0.287. The summed E-state index contributed by atoms with van der Waals surface area (Å²) >= 11 is 0. The lowest BCUT2D eigenvalue weighted by atomic mass is 10.0. The minimum absolute atomic E-state index is 0.180. The number of terminal acetylenes is 1. The Morgan fingerprint density at radius 3 is 2.87 bits per heavy atom. The molecule has 2 aromatic rings. The fraction of sp³-hybridized carbons (Fsp3) is 0.389. The van der Waals surface area contributed by atoms with Gasteiger partial charge in [-0.2, -0.15) is 0 Å². The Morgan fingerprint density at radius 1 is 1.35 bits per heavy atom. The van der Waals surface area contributed by atoms with Crippen LogP contribution in [-0.4, -0.2) is 35.2 Å². The highest BCUT2D eigenvalue weighted by molar-refractivity contribution is 6.07. The quantitative estimate of drug-likeness (QED) is 0.885. The molecule has 0 saturated carbocycles. The Kier molecular flexibility index (Phi) is 4.42. The van der Waals surface area contributed by atoms with E-state index < -0.39 is 0 Å². The average molecular weight is 308 g/mol. The minimum Gasteiger partial charge on any atom is -0.352 e. The molecular weight excluding hydrogens is 288 g/mol. The zero-order valence-corrected chi connectivity index (χ0v) is 13.2. The highest BCUT2D eigenvalue weighted by atomic mass is 16.1. The average Bonchev–Trinajstić information content (AvgIpc) is 2.59. The van der Waals surface area contributed by atoms with Crippen molar-refractivity contribution in [2.75, 3.05) is 18.0 Å². The molecule has 1 fully saturated rings. The topological polar surface area (TPSA) is 58.1 Å². The molecular formula is C18H20N4O. The predicted octanol–water partition coefficient (Wildman–Crippen LogP) is 2.37. The third kappa shape index (κ3) is 2.98. The summed E-state index contributed by atoms with van der Waals surface area (Å²) in [5, 5.41) is 13.0. The summed E-state index contributed by atoms with van der Waals surface area (Å²) in [4.78, 5) is 14.5. The molecule has 0 unspecified atom stereocenters. The second-order valence-corrected chi connectivity index (χ2v) is 5.84. The molecule has 1 N–H and O–H groups in total. The van der Waals surface area contributed by atoms with Gasteiger partial charge in [0.05, 0.1) is 6.54 Å². The van der Waals surface area contributed by atoms with Crippen LogP contribution in [0, 0.1) is 12.3 Å². The number of nitrogens with zero attached hydrogens (tertiary/aromatic N) is 3. The van der Waals surface area contributed by atoms with Gasteiger partial charge in [-0.05, 0) is 26.2 Å². The highest BCUT2D eigenvalue weighted by Crippen LogP contribution is 2.30. The first-order valence-corrected chi connectivity index (χ1v) is 7.96. The number of hydrogen-bond donors (Lipinski definition) is 1. The first-order valence-electron chi connectivity index (χ1n) is 7.96. The van der Waals surface area contributed by atoms with Crippen molar-refractivity contribution in [3.8, 4) is 12.3 Å². The number of aromatic nitrogens is 2. The van der Waals surface area contributed by atoms with E-state index in [0.717, 1.165) is 36.0 Å². The van der Waals surface area contributed by atoms with E-state index in [4.69, 9.17) is 6.42 Å². The van der Waals surface area contributed by atoms with Crippen LogP contribution in [0.25, 0.3) is 10.8 Å². The summed E-state index contributed by atoms with van der Waals surface area (Å²) < 4.78 is 0. The molecule has 0 bridgehead atoms. The molecule has 118 valence electrons. The van der Waals surface area contributed by atoms with Gasteiger partial charge in [0.1, 0.15) is 0 Å². The summed E-state index contributed by atoms with van der Waals surface area (Å²) in [6, 6.07) is 8.21. The van der Waals surface area contributed by atoms with Crippen molar-refractivity contribution in [2.24, 2.45) is 0 Å². The summed E-state index contributed by atoms with van der Waals surface area (Å²) in [5.41, 5.74) is 0.323. The SMILES string of the molecule is C#CCNC(=O)c1nnc(N2CCCC[C@@H]2C)c2ccccc12. The number of piperidine rings is 1. The van der Waals surface area contributed by atoms with Crippen LogP contribution in [0.5, 0.6) is 0 Å². The number of hydrogen-bond acceptors (Lipinski definition) is 4. The van der Waals surface area contributed by atoms with E-state index >= 15 is 0 Å². The van der Waals surface area contributed by atoms with Gasteiger partial charge in [-0.25, -0.2) is 0 Å². The molecule has 3 rings (SSSR count). The van der Waals surface area contributed by atoms with Crippen LogP contribution in [0.3, 0.4) is 0 Å². The second-order valence-electron chi connectivity index (χ2n) is 5.84. The summed E-state index contributed by atoms with van der Waals surface area (Å²) in [6.07, 6.45) is 8.75. The molecule has 1 aliphatic rings. The van der Waals surface area contributed by atoms with Crippen molar-refractivity contribution in [3.05, 3.63) is 30.0 Å². The van der Waals surface area contributed by atoms with E-state index in [1.54, 1.807) is 0 Å². The molecule has 0 aliphatic carbocycles. The molecule has 2 heterocycles. The zero-order valence-electron chi connectivity index (χ0n) is 13.2. The molecule has 5 nitrogen and oxygen atoms in total. The maximum atomic E-state index is 12.2. The van der Waals surface area contributed by atoms with Gasteiger partial charge in [-0.3, -0.25) is 4.79 Å². The molecule has 0 spiro atoms. The van der Waals surface area contributed by atoms with E-state index in [9.17, 15) is 4.79 Å². The third-order valence-corrected chi connectivity index (χ3v) is 4.31. The number of fused-ring (bicyclic) bond motifs is 1. The van der Waals surface area contributed by atoms with Crippen molar-refractivity contribution in [3.63, 3.8) is 0 Å². The van der Waals surface area contributed by atoms with Gasteiger partial charge in [0.2, 0.25) is 0 Å². The lowest BCUT2D eigenvalue weighted by Gasteiger charge is -2.34. The van der Waals surface area contributed by atoms with E-state index in [1.165, 1.54) is 6.42 Å². The van der Waals surface area contributed by atoms with Crippen LogP contribution < -0.4 is 10.2 Å². The number of benzene rings is 1. The van der Waals surface area contributed by atoms with Crippen LogP contribution >= 0.6 is 0 Å². The molecule has 0 radical (unpaired) electrons. The van der Waals surface area contributed by atoms with Crippen LogP contribution in [0.15, 0.2) is 24.3 Å². The number of carbonyl (C=O) groups excluding carboxylic acids is 1. The number of rotatable bonds is 3. The van der Waals surface area contributed by atoms with Crippen LogP contribution in [0.2, 0.25) is 0 Å². The van der Waals surface area contributed by atoms with Crippen LogP contribution in [-0.2, 0) is 0 Å². The summed E-state index contributed by atoms with van der Waals surface area (Å²) in [5.74, 6) is 2.97. The third-order valence-electron chi connectivity index (χ3n) is 4.31. The van der Waals surface area contributed by atoms with Gasteiger partial charge >= 0.3 is 0 Å². The molecule has 1 saturated heterocycles. The highest BCUT2D eigenvalue weighted by Gasteiger charge is 2.23. The monoisotopic (exact) mass is 308 g/mol. The summed E-state index contributed by atoms with van der Waals surface area (Å²) in [7, 11) is 0. The van der Waals surface area contributed by atoms with Crippen LogP contribution in [0.1, 0.15) is 36.7 Å². The first-order chi connectivity index (χ1) is 11.2. The maximum Gasteiger partial charge on any atom is 0.273 e. The van der Waals surface area contributed by atoms with E-state index in [1.807, 2.05) is 24.3 Å². The van der Waals surface area contributed by atoms with Gasteiger partial charge in [0.25, 0.3) is 5.91 Å². The summed E-state index contributed by atoms with van der Waals surface area (Å²) in [6.45, 7) is 3.37. The number of anilines is 1. The van der Waals surface area contributed by atoms with E-state index in [0.29, 0.717) is 11.7 Å². The fourth-order valence-electron chi connectivity index (χ4n) is 3.10. The fourth-order valence-corrected chi connectivity index (χ4v) is 3.10. The van der Waals surface area contributed by atoms with Gasteiger partial charge in [0, 0.05) is 23.4 Å². The standard InChI is InChI=1S/C18H20N4O/c1-3-11-19-18(23)16-14-9-4-5-10-15(14)17(21-20-16)22-12-7-6-8-13(22)2/h1,4-5,9-10,13H,6-8,11-12H2,2H3,(H,19,23)/t13-/m0/s1. The zero-order chi connectivity index (χ0) is 16.2. The van der Waals surface area contributed by atoms with Gasteiger partial charge < -0.3 is 10.2 Å². The smallest absolute Gasteiger partial charge is 0.273 e. The van der Waals surface area contributed by atoms with Crippen molar-refractivity contribution >= 4 is 22.5 Å². The molecule has 1 aromatic carbocycles. The Balaban J connectivity index is 2.05. The van der Waals surface area contributed by atoms with Crippen molar-refractivity contribution in [1.82, 2.24) is 15.5 Å². The van der Waals surface area contributed by atoms with E-state index in [2.05, 4.69) is 33.3 Å². The number of nitrogens with one attached hydrogen (secondary N) is 1. The number of carbonyl (C=O) groups is 1. The molecule has 23 heavy (non-hydrogen) atoms. The largest absolute Gasteiger partial charge is 0.352 e. The lowest BCUT2D eigenvalue weighted by Crippen LogP contribution is -2.38. The first kappa shape index (κ1) is 15.3. The second kappa shape index (κ2) is 6.66. The Labute approximate surface area is 136 Å². The van der Waals surface area contributed by atoms with E-state index in [-0.39, 0.29) is 12.5 Å². The molecule has 1 aromatic heterocycles. The van der Waals surface area contributed by atoms with Crippen molar-refractivity contribution in [2.45, 2.75) is 32.2 Å². The van der Waals surface area contributed by atoms with Crippen molar-refractivity contribution < 1.29 is 4.79 Å². The Morgan fingerprint density at radius 2 is 2.13 bits per heavy atom. The number of amides is 1. The molecule has 1 atom stereocenters. The van der Waals surface area contributed by atoms with Gasteiger partial charge in [-0.1, -0.05) is 30.2 Å². The van der Waals surface area contributed by atoms with Crippen molar-refractivity contribution in [1.29, 1.82) is 0 Å².